The summed E-state index contributed by atoms with van der Waals surface area (Å²) in [6.45, 7) is 1.58. The molecule has 1 aromatic rings. The van der Waals surface area contributed by atoms with Gasteiger partial charge in [0.2, 0.25) is 5.91 Å². The molecule has 1 aromatic carbocycles. The lowest BCUT2D eigenvalue weighted by atomic mass is 9.93. The maximum absolute atomic E-state index is 11.9. The van der Waals surface area contributed by atoms with E-state index in [1.165, 1.54) is 6.42 Å². The van der Waals surface area contributed by atoms with E-state index in [1.807, 2.05) is 4.90 Å². The van der Waals surface area contributed by atoms with E-state index in [1.54, 1.807) is 31.2 Å². The maximum Gasteiger partial charge on any atom is 0.409 e. The number of benzene rings is 1. The number of ether oxygens (including phenoxy) is 1. The van der Waals surface area contributed by atoms with Gasteiger partial charge in [0.05, 0.1) is 0 Å². The highest BCUT2D eigenvalue weighted by molar-refractivity contribution is 6.61. The zero-order valence-electron chi connectivity index (χ0n) is 11.5. The van der Waals surface area contributed by atoms with Crippen molar-refractivity contribution in [1.29, 1.82) is 0 Å². The van der Waals surface area contributed by atoms with E-state index in [0.717, 1.165) is 31.4 Å². The number of carbonyl (C=O) groups is 2. The number of rotatable bonds is 3. The minimum Gasteiger partial charge on any atom is -0.415 e. The lowest BCUT2D eigenvalue weighted by Gasteiger charge is -2.33. The van der Waals surface area contributed by atoms with Crippen LogP contribution in [0.2, 0.25) is 0 Å². The van der Waals surface area contributed by atoms with Crippen molar-refractivity contribution >= 4 is 28.6 Å². The lowest BCUT2D eigenvalue weighted by molar-refractivity contribution is -0.117. The van der Waals surface area contributed by atoms with Crippen LogP contribution in [0.15, 0.2) is 24.3 Å². The number of anilines is 1. The van der Waals surface area contributed by atoms with Crippen molar-refractivity contribution in [3.8, 4) is 5.75 Å². The number of hydrogen-bond donors (Lipinski definition) is 0. The van der Waals surface area contributed by atoms with Gasteiger partial charge < -0.3 is 9.64 Å². The van der Waals surface area contributed by atoms with Crippen molar-refractivity contribution in [1.82, 2.24) is 0 Å². The van der Waals surface area contributed by atoms with Crippen molar-refractivity contribution in [3.63, 3.8) is 0 Å². The molecule has 0 bridgehead atoms. The molecule has 0 aromatic heterocycles. The van der Waals surface area contributed by atoms with Crippen LogP contribution in [-0.4, -0.2) is 17.4 Å². The second-order valence-corrected chi connectivity index (χ2v) is 5.32. The summed E-state index contributed by atoms with van der Waals surface area (Å²) in [7, 11) is 0. The molecule has 0 aliphatic heterocycles. The molecule has 1 amide bonds. The van der Waals surface area contributed by atoms with Gasteiger partial charge in [-0.25, -0.2) is 4.79 Å². The third kappa shape index (κ3) is 3.73. The highest BCUT2D eigenvalue weighted by Gasteiger charge is 2.24. The molecule has 0 radical (unpaired) electrons. The summed E-state index contributed by atoms with van der Waals surface area (Å²) in [5.74, 6) is 0.417. The van der Waals surface area contributed by atoms with Crippen LogP contribution < -0.4 is 9.64 Å². The SMILES string of the molecule is CC(=O)N(c1ccc(OC(=O)Cl)cc1)C1CCCCC1. The van der Waals surface area contributed by atoms with Gasteiger partial charge in [-0.2, -0.15) is 0 Å². The maximum atomic E-state index is 11.9. The largest absolute Gasteiger partial charge is 0.415 e. The fourth-order valence-electron chi connectivity index (χ4n) is 2.76. The van der Waals surface area contributed by atoms with E-state index in [4.69, 9.17) is 16.3 Å². The summed E-state index contributed by atoms with van der Waals surface area (Å²) in [6, 6.07) is 7.13. The quantitative estimate of drug-likeness (QED) is 0.788. The van der Waals surface area contributed by atoms with Crippen LogP contribution in [0.1, 0.15) is 39.0 Å². The summed E-state index contributed by atoms with van der Waals surface area (Å²) >= 11 is 5.16. The Morgan fingerprint density at radius 3 is 2.25 bits per heavy atom. The van der Waals surface area contributed by atoms with Crippen LogP contribution in [0.25, 0.3) is 0 Å². The smallest absolute Gasteiger partial charge is 0.409 e. The molecule has 1 fully saturated rings. The Kier molecular flexibility index (Phi) is 5.01. The zero-order valence-corrected chi connectivity index (χ0v) is 12.2. The van der Waals surface area contributed by atoms with Gasteiger partial charge in [0.25, 0.3) is 0 Å². The number of hydrogen-bond acceptors (Lipinski definition) is 3. The van der Waals surface area contributed by atoms with Crippen molar-refractivity contribution in [2.24, 2.45) is 0 Å². The Hall–Kier alpha value is -1.55. The molecule has 20 heavy (non-hydrogen) atoms. The molecule has 4 nitrogen and oxygen atoms in total. The molecule has 5 heteroatoms. The van der Waals surface area contributed by atoms with E-state index in [2.05, 4.69) is 0 Å². The van der Waals surface area contributed by atoms with Crippen molar-refractivity contribution in [2.75, 3.05) is 4.90 Å². The van der Waals surface area contributed by atoms with Gasteiger partial charge in [-0.15, -0.1) is 0 Å². The molecule has 0 unspecified atom stereocenters. The molecule has 0 N–H and O–H groups in total. The van der Waals surface area contributed by atoms with Crippen LogP contribution in [-0.2, 0) is 4.79 Å². The third-order valence-corrected chi connectivity index (χ3v) is 3.67. The van der Waals surface area contributed by atoms with Gasteiger partial charge in [-0.3, -0.25) is 4.79 Å². The minimum atomic E-state index is -0.867. The summed E-state index contributed by atoms with van der Waals surface area (Å²) in [4.78, 5) is 24.4. The van der Waals surface area contributed by atoms with Gasteiger partial charge in [-0.1, -0.05) is 19.3 Å². The Labute approximate surface area is 123 Å². The van der Waals surface area contributed by atoms with E-state index in [0.29, 0.717) is 5.75 Å². The van der Waals surface area contributed by atoms with Gasteiger partial charge in [0, 0.05) is 30.3 Å². The topological polar surface area (TPSA) is 46.6 Å². The fourth-order valence-corrected chi connectivity index (χ4v) is 2.85. The van der Waals surface area contributed by atoms with Gasteiger partial charge in [0.1, 0.15) is 5.75 Å². The Morgan fingerprint density at radius 2 is 1.75 bits per heavy atom. The second kappa shape index (κ2) is 6.75. The predicted octanol–water partition coefficient (Wildman–Crippen LogP) is 4.11. The van der Waals surface area contributed by atoms with Crippen molar-refractivity contribution in [2.45, 2.75) is 45.1 Å². The van der Waals surface area contributed by atoms with Crippen LogP contribution >= 0.6 is 11.6 Å². The summed E-state index contributed by atoms with van der Waals surface area (Å²) < 4.78 is 4.78. The average molecular weight is 296 g/mol. The summed E-state index contributed by atoms with van der Waals surface area (Å²) in [6.07, 6.45) is 5.65. The summed E-state index contributed by atoms with van der Waals surface area (Å²) in [5.41, 5.74) is -0.0350. The number of amides is 1. The highest BCUT2D eigenvalue weighted by atomic mass is 35.5. The van der Waals surface area contributed by atoms with Crippen LogP contribution in [0.5, 0.6) is 5.75 Å². The third-order valence-electron chi connectivity index (χ3n) is 3.59. The number of carbonyl (C=O) groups excluding carboxylic acids is 2. The molecule has 0 heterocycles. The Morgan fingerprint density at radius 1 is 1.15 bits per heavy atom. The Balaban J connectivity index is 2.16. The van der Waals surface area contributed by atoms with Crippen molar-refractivity contribution in [3.05, 3.63) is 24.3 Å². The number of nitrogens with zero attached hydrogens (tertiary/aromatic N) is 1. The predicted molar refractivity (Wildman–Crippen MR) is 78.4 cm³/mol. The lowest BCUT2D eigenvalue weighted by Crippen LogP contribution is -2.40. The molecule has 0 saturated heterocycles. The minimum absolute atomic E-state index is 0.0407. The fraction of sp³-hybridized carbons (Fsp3) is 0.467. The van der Waals surface area contributed by atoms with Crippen LogP contribution in [0.4, 0.5) is 10.5 Å². The first-order valence-corrected chi connectivity index (χ1v) is 7.23. The zero-order chi connectivity index (χ0) is 14.5. The average Bonchev–Trinajstić information content (AvgIpc) is 2.41. The first-order valence-electron chi connectivity index (χ1n) is 6.85. The molecule has 108 valence electrons. The van der Waals surface area contributed by atoms with E-state index in [-0.39, 0.29) is 11.9 Å². The van der Waals surface area contributed by atoms with E-state index in [9.17, 15) is 9.59 Å². The first kappa shape index (κ1) is 14.9. The normalized spacial score (nSPS) is 15.7. The van der Waals surface area contributed by atoms with Gasteiger partial charge in [0.15, 0.2) is 0 Å². The van der Waals surface area contributed by atoms with E-state index >= 15 is 0 Å². The molecule has 0 spiro atoms. The molecule has 1 aliphatic carbocycles. The Bertz CT molecular complexity index is 480. The molecular formula is C15H18ClNO3. The molecular weight excluding hydrogens is 278 g/mol. The molecule has 0 atom stereocenters. The van der Waals surface area contributed by atoms with Gasteiger partial charge in [-0.05, 0) is 37.1 Å². The highest BCUT2D eigenvalue weighted by Crippen LogP contribution is 2.28. The van der Waals surface area contributed by atoms with Crippen molar-refractivity contribution < 1.29 is 14.3 Å². The molecule has 1 aliphatic rings. The second-order valence-electron chi connectivity index (χ2n) is 5.01. The first-order chi connectivity index (χ1) is 9.58. The van der Waals surface area contributed by atoms with Crippen LogP contribution in [0, 0.1) is 0 Å². The number of halogens is 1. The standard InChI is InChI=1S/C15H18ClNO3/c1-11(18)17(12-5-3-2-4-6-12)13-7-9-14(10-8-13)20-15(16)19/h7-10,12H,2-6H2,1H3. The van der Waals surface area contributed by atoms with E-state index < -0.39 is 5.43 Å². The van der Waals surface area contributed by atoms with Crippen LogP contribution in [0.3, 0.4) is 0 Å². The molecule has 1 saturated carbocycles. The summed E-state index contributed by atoms with van der Waals surface area (Å²) in [5, 5.41) is 0. The van der Waals surface area contributed by atoms with Gasteiger partial charge >= 0.3 is 5.43 Å². The molecule has 2 rings (SSSR count). The monoisotopic (exact) mass is 295 g/mol.